The number of nitrogens with zero attached hydrogens (tertiary/aromatic N) is 4. The van der Waals surface area contributed by atoms with Gasteiger partial charge >= 0.3 is 12.1 Å². The minimum absolute atomic E-state index is 0.476. The zero-order chi connectivity index (χ0) is 33.7. The quantitative estimate of drug-likeness (QED) is 0.234. The van der Waals surface area contributed by atoms with Crippen LogP contribution < -0.4 is 15.5 Å². The lowest BCUT2D eigenvalue weighted by Crippen LogP contribution is -2.42. The molecule has 0 atom stereocenters. The first-order chi connectivity index (χ1) is 21.0. The van der Waals surface area contributed by atoms with Crippen LogP contribution in [0.3, 0.4) is 0 Å². The Morgan fingerprint density at radius 2 is 0.744 bits per heavy atom. The maximum Gasteiger partial charge on any atom is 0.334 e. The lowest BCUT2D eigenvalue weighted by atomic mass is 10.3. The molecular weight excluding hydrogens is 548 g/mol. The Kier molecular flexibility index (Phi) is 37.9. The molecule has 11 nitrogen and oxygen atoms in total. The maximum atomic E-state index is 12.7. The van der Waals surface area contributed by atoms with Crippen LogP contribution in [0.1, 0.15) is 41.5 Å². The molecule has 0 saturated heterocycles. The zero-order valence-corrected chi connectivity index (χ0v) is 26.5. The van der Waals surface area contributed by atoms with Crippen molar-refractivity contribution in [1.82, 2.24) is 0 Å². The fraction of sp³-hybridized carbons (Fsp3) is 0.281. The van der Waals surface area contributed by atoms with Crippen molar-refractivity contribution in [3.8, 4) is 0 Å². The number of carbonyl (C=O) groups excluding carboxylic acids is 5. The Hall–Kier alpha value is -5.46. The molecule has 4 amide bonds. The Morgan fingerprint density at radius 1 is 0.512 bits per heavy atom. The third-order valence-corrected chi connectivity index (χ3v) is 3.74. The molecule has 0 saturated carbocycles. The van der Waals surface area contributed by atoms with Crippen molar-refractivity contribution in [3.63, 3.8) is 0 Å². The third kappa shape index (κ3) is 25.3. The molecule has 0 unspecified atom stereocenters. The maximum absolute atomic E-state index is 12.7. The SMILES string of the molecule is CC.CC.CC.CN=C=O.CN=C=O.CN=C=O.O=C(Nc1ccccc1)N(C(=O)Nc1ccccc1)c1ccccc1. The number of aliphatic imine (C=N–C) groups is 3. The first-order valence-electron chi connectivity index (χ1n) is 13.4. The summed E-state index contributed by atoms with van der Waals surface area (Å²) in [6.45, 7) is 12.0. The number of hydrogen-bond acceptors (Lipinski definition) is 8. The van der Waals surface area contributed by atoms with Crippen LogP contribution in [-0.4, -0.2) is 51.4 Å². The average molecular weight is 593 g/mol. The van der Waals surface area contributed by atoms with Gasteiger partial charge in [0, 0.05) is 32.5 Å². The van der Waals surface area contributed by atoms with E-state index in [1.165, 1.54) is 39.4 Å². The number of carbonyl (C=O) groups is 2. The highest BCUT2D eigenvalue weighted by atomic mass is 16.2. The molecule has 2 N–H and O–H groups in total. The first-order valence-corrected chi connectivity index (χ1v) is 13.4. The molecule has 0 spiro atoms. The molecule has 3 rings (SSSR count). The van der Waals surface area contributed by atoms with E-state index < -0.39 is 12.1 Å². The molecule has 3 aromatic rings. The fourth-order valence-corrected chi connectivity index (χ4v) is 2.31. The summed E-state index contributed by atoms with van der Waals surface area (Å²) in [5, 5.41) is 5.47. The molecule has 0 aliphatic heterocycles. The number of benzene rings is 3. The summed E-state index contributed by atoms with van der Waals surface area (Å²) in [6.07, 6.45) is 3.92. The smallest absolute Gasteiger partial charge is 0.307 e. The molecule has 11 heteroatoms. The van der Waals surface area contributed by atoms with Gasteiger partial charge in [-0.2, -0.15) is 0 Å². The number of urea groups is 2. The van der Waals surface area contributed by atoms with E-state index in [0.29, 0.717) is 17.1 Å². The van der Waals surface area contributed by atoms with Gasteiger partial charge in [-0.3, -0.25) is 0 Å². The van der Waals surface area contributed by atoms with E-state index in [9.17, 15) is 9.59 Å². The van der Waals surface area contributed by atoms with E-state index >= 15 is 0 Å². The second-order valence-electron chi connectivity index (χ2n) is 6.21. The van der Waals surface area contributed by atoms with Crippen molar-refractivity contribution in [1.29, 1.82) is 0 Å². The topological polar surface area (TPSA) is 150 Å². The standard InChI is InChI=1S/C20H17N3O2.3C2H3NO.3C2H6/c24-19(21-16-10-4-1-5-11-16)23(18-14-8-3-9-15-18)20(25)22-17-12-6-2-7-13-17;3*1-3-2-4;3*1-2/h1-15H,(H,21,24)(H,22,25);3*1H3;3*1-2H3. The molecule has 0 aromatic heterocycles. The molecule has 0 heterocycles. The largest absolute Gasteiger partial charge is 0.334 e. The highest BCUT2D eigenvalue weighted by molar-refractivity contribution is 6.21. The molecule has 43 heavy (non-hydrogen) atoms. The van der Waals surface area contributed by atoms with Gasteiger partial charge in [-0.05, 0) is 36.4 Å². The van der Waals surface area contributed by atoms with Gasteiger partial charge in [-0.1, -0.05) is 96.1 Å². The Labute approximate surface area is 255 Å². The van der Waals surface area contributed by atoms with Gasteiger partial charge in [0.2, 0.25) is 18.2 Å². The zero-order valence-electron chi connectivity index (χ0n) is 26.5. The normalized spacial score (nSPS) is 7.37. The van der Waals surface area contributed by atoms with Gasteiger partial charge in [0.05, 0.1) is 5.69 Å². The number of amides is 4. The number of para-hydroxylation sites is 3. The summed E-state index contributed by atoms with van der Waals surface area (Å²) in [7, 11) is 4.15. The highest BCUT2D eigenvalue weighted by Gasteiger charge is 2.23. The van der Waals surface area contributed by atoms with Gasteiger partial charge in [-0.25, -0.2) is 43.8 Å². The van der Waals surface area contributed by atoms with Crippen molar-refractivity contribution in [2.24, 2.45) is 15.0 Å². The van der Waals surface area contributed by atoms with Crippen LogP contribution >= 0.6 is 0 Å². The van der Waals surface area contributed by atoms with Crippen LogP contribution in [0.2, 0.25) is 0 Å². The Balaban J connectivity index is -0.000000352. The fourth-order valence-electron chi connectivity index (χ4n) is 2.31. The average Bonchev–Trinajstić information content (AvgIpc) is 3.09. The highest BCUT2D eigenvalue weighted by Crippen LogP contribution is 2.18. The van der Waals surface area contributed by atoms with Crippen LogP contribution in [0, 0.1) is 0 Å². The van der Waals surface area contributed by atoms with E-state index in [1.807, 2.05) is 84.0 Å². The van der Waals surface area contributed by atoms with Gasteiger partial charge in [0.25, 0.3) is 0 Å². The number of isocyanates is 3. The van der Waals surface area contributed by atoms with E-state index in [1.54, 1.807) is 48.5 Å². The van der Waals surface area contributed by atoms with Crippen LogP contribution in [0.4, 0.5) is 26.7 Å². The molecule has 0 aliphatic carbocycles. The third-order valence-electron chi connectivity index (χ3n) is 3.74. The lowest BCUT2D eigenvalue weighted by molar-refractivity contribution is 0.246. The van der Waals surface area contributed by atoms with Crippen molar-refractivity contribution in [2.75, 3.05) is 36.7 Å². The number of anilines is 3. The van der Waals surface area contributed by atoms with E-state index in [-0.39, 0.29) is 0 Å². The van der Waals surface area contributed by atoms with Crippen molar-refractivity contribution < 1.29 is 24.0 Å². The number of rotatable bonds is 3. The summed E-state index contributed by atoms with van der Waals surface area (Å²) in [5.41, 5.74) is 1.70. The number of hydrogen-bond donors (Lipinski definition) is 2. The summed E-state index contributed by atoms with van der Waals surface area (Å²) in [6, 6.07) is 25.7. The number of nitrogens with one attached hydrogen (secondary N) is 2. The van der Waals surface area contributed by atoms with Crippen molar-refractivity contribution >= 4 is 47.4 Å². The van der Waals surface area contributed by atoms with E-state index in [0.717, 1.165) is 4.90 Å². The van der Waals surface area contributed by atoms with Crippen molar-refractivity contribution in [2.45, 2.75) is 41.5 Å². The predicted octanol–water partition coefficient (Wildman–Crippen LogP) is 7.89. The van der Waals surface area contributed by atoms with Crippen LogP contribution in [0.25, 0.3) is 0 Å². The van der Waals surface area contributed by atoms with Crippen LogP contribution in [0.15, 0.2) is 106 Å². The summed E-state index contributed by atoms with van der Waals surface area (Å²) in [4.78, 5) is 61.9. The monoisotopic (exact) mass is 592 g/mol. The molecule has 232 valence electrons. The Morgan fingerprint density at radius 3 is 0.977 bits per heavy atom. The second kappa shape index (κ2) is 36.5. The summed E-state index contributed by atoms with van der Waals surface area (Å²) >= 11 is 0. The molecular formula is C32H44N6O5. The molecule has 0 aliphatic rings. The Bertz CT molecular complexity index is 1120. The molecule has 0 bridgehead atoms. The lowest BCUT2D eigenvalue weighted by Gasteiger charge is -2.22. The van der Waals surface area contributed by atoms with E-state index in [4.69, 9.17) is 14.4 Å². The second-order valence-corrected chi connectivity index (χ2v) is 6.21. The van der Waals surface area contributed by atoms with Gasteiger partial charge in [0.1, 0.15) is 0 Å². The van der Waals surface area contributed by atoms with Gasteiger partial charge < -0.3 is 10.6 Å². The molecule has 0 fully saturated rings. The predicted molar refractivity (Wildman–Crippen MR) is 176 cm³/mol. The van der Waals surface area contributed by atoms with Crippen LogP contribution in [0.5, 0.6) is 0 Å². The van der Waals surface area contributed by atoms with Gasteiger partial charge in [0.15, 0.2) is 0 Å². The summed E-state index contributed by atoms with van der Waals surface area (Å²) < 4.78 is 0. The minimum atomic E-state index is -0.536. The summed E-state index contributed by atoms with van der Waals surface area (Å²) in [5.74, 6) is 0. The minimum Gasteiger partial charge on any atom is -0.307 e. The van der Waals surface area contributed by atoms with E-state index in [2.05, 4.69) is 25.6 Å². The van der Waals surface area contributed by atoms with Gasteiger partial charge in [-0.15, -0.1) is 0 Å². The first kappa shape index (κ1) is 44.6. The number of imide groups is 1. The molecule has 3 aromatic carbocycles. The van der Waals surface area contributed by atoms with Crippen molar-refractivity contribution in [3.05, 3.63) is 91.0 Å². The van der Waals surface area contributed by atoms with Crippen LogP contribution in [-0.2, 0) is 14.4 Å². The molecule has 0 radical (unpaired) electrons.